The van der Waals surface area contributed by atoms with Crippen LogP contribution >= 0.6 is 23.8 Å². The molecule has 1 aliphatic heterocycles. The summed E-state index contributed by atoms with van der Waals surface area (Å²) in [5.74, 6) is 0.0194. The van der Waals surface area contributed by atoms with Crippen LogP contribution < -0.4 is 10.6 Å². The van der Waals surface area contributed by atoms with Gasteiger partial charge in [-0.15, -0.1) is 0 Å². The fourth-order valence-corrected chi connectivity index (χ4v) is 4.10. The SMILES string of the molecule is Cn1ncc(NC(=S)Nc2ccn(Cc3c(F)cccc3Cl)n2)c1C(=O)N1CCCCC1. The molecule has 1 amide bonds. The first kappa shape index (κ1) is 22.2. The number of hydrogen-bond donors (Lipinski definition) is 2. The molecule has 32 heavy (non-hydrogen) atoms. The number of rotatable bonds is 5. The highest BCUT2D eigenvalue weighted by Gasteiger charge is 2.24. The van der Waals surface area contributed by atoms with E-state index < -0.39 is 0 Å². The van der Waals surface area contributed by atoms with Gasteiger partial charge in [-0.05, 0) is 43.6 Å². The van der Waals surface area contributed by atoms with Gasteiger partial charge in [-0.2, -0.15) is 10.2 Å². The molecule has 0 unspecified atom stereocenters. The number of anilines is 2. The molecule has 1 aromatic carbocycles. The van der Waals surface area contributed by atoms with Crippen molar-refractivity contribution in [2.24, 2.45) is 7.05 Å². The molecule has 1 saturated heterocycles. The minimum absolute atomic E-state index is 0.0685. The molecule has 0 radical (unpaired) electrons. The van der Waals surface area contributed by atoms with Crippen molar-refractivity contribution >= 4 is 46.3 Å². The number of thiocarbonyl (C=S) groups is 1. The van der Waals surface area contributed by atoms with Crippen LogP contribution in [0.25, 0.3) is 0 Å². The maximum atomic E-state index is 14.0. The summed E-state index contributed by atoms with van der Waals surface area (Å²) in [6.45, 7) is 1.68. The number of aromatic nitrogens is 4. The van der Waals surface area contributed by atoms with Crippen molar-refractivity contribution in [2.45, 2.75) is 25.8 Å². The number of hydrogen-bond acceptors (Lipinski definition) is 4. The molecule has 11 heteroatoms. The molecule has 2 N–H and O–H groups in total. The molecule has 0 spiro atoms. The van der Waals surface area contributed by atoms with Crippen LogP contribution in [0.5, 0.6) is 0 Å². The van der Waals surface area contributed by atoms with Crippen molar-refractivity contribution in [3.63, 3.8) is 0 Å². The molecule has 168 valence electrons. The Morgan fingerprint density at radius 3 is 2.75 bits per heavy atom. The van der Waals surface area contributed by atoms with Gasteiger partial charge in [-0.3, -0.25) is 14.2 Å². The predicted octanol–water partition coefficient (Wildman–Crippen LogP) is 3.89. The predicted molar refractivity (Wildman–Crippen MR) is 126 cm³/mol. The van der Waals surface area contributed by atoms with Crippen molar-refractivity contribution in [3.8, 4) is 0 Å². The highest BCUT2D eigenvalue weighted by atomic mass is 35.5. The average molecular weight is 476 g/mol. The summed E-state index contributed by atoms with van der Waals surface area (Å²) in [7, 11) is 1.73. The van der Waals surface area contributed by atoms with Gasteiger partial charge in [0.15, 0.2) is 10.9 Å². The Hall–Kier alpha value is -2.98. The Morgan fingerprint density at radius 1 is 1.22 bits per heavy atom. The van der Waals surface area contributed by atoms with Gasteiger partial charge in [0.1, 0.15) is 11.5 Å². The lowest BCUT2D eigenvalue weighted by atomic mass is 10.1. The minimum atomic E-state index is -0.387. The van der Waals surface area contributed by atoms with Crippen LogP contribution in [0.15, 0.2) is 36.7 Å². The van der Waals surface area contributed by atoms with Gasteiger partial charge in [-0.25, -0.2) is 4.39 Å². The van der Waals surface area contributed by atoms with E-state index in [4.69, 9.17) is 23.8 Å². The highest BCUT2D eigenvalue weighted by Crippen LogP contribution is 2.21. The highest BCUT2D eigenvalue weighted by molar-refractivity contribution is 7.80. The smallest absolute Gasteiger partial charge is 0.274 e. The normalized spacial score (nSPS) is 13.8. The van der Waals surface area contributed by atoms with Gasteiger partial charge in [0.25, 0.3) is 5.91 Å². The number of carbonyl (C=O) groups excluding carboxylic acids is 1. The second-order valence-corrected chi connectivity index (χ2v) is 8.38. The third kappa shape index (κ3) is 4.91. The van der Waals surface area contributed by atoms with Crippen molar-refractivity contribution in [3.05, 3.63) is 58.8 Å². The van der Waals surface area contributed by atoms with Gasteiger partial charge < -0.3 is 15.5 Å². The number of aryl methyl sites for hydroxylation is 1. The van der Waals surface area contributed by atoms with Crippen molar-refractivity contribution in [2.75, 3.05) is 23.7 Å². The van der Waals surface area contributed by atoms with Crippen LogP contribution in [-0.2, 0) is 13.6 Å². The summed E-state index contributed by atoms with van der Waals surface area (Å²) in [6.07, 6.45) is 6.43. The van der Waals surface area contributed by atoms with Crippen LogP contribution in [0.4, 0.5) is 15.9 Å². The van der Waals surface area contributed by atoms with Crippen LogP contribution in [0.1, 0.15) is 35.3 Å². The molecule has 4 rings (SSSR count). The van der Waals surface area contributed by atoms with Gasteiger partial charge >= 0.3 is 0 Å². The first-order valence-electron chi connectivity index (χ1n) is 10.3. The Labute approximate surface area is 195 Å². The third-order valence-electron chi connectivity index (χ3n) is 5.30. The summed E-state index contributed by atoms with van der Waals surface area (Å²) in [6, 6.07) is 6.27. The zero-order valence-corrected chi connectivity index (χ0v) is 19.1. The van der Waals surface area contributed by atoms with Crippen LogP contribution in [0, 0.1) is 5.82 Å². The van der Waals surface area contributed by atoms with Crippen LogP contribution in [0.3, 0.4) is 0 Å². The molecule has 3 heterocycles. The van der Waals surface area contributed by atoms with Crippen molar-refractivity contribution in [1.82, 2.24) is 24.5 Å². The lowest BCUT2D eigenvalue weighted by Gasteiger charge is -2.27. The maximum absolute atomic E-state index is 14.0. The molecule has 0 atom stereocenters. The van der Waals surface area contributed by atoms with Gasteiger partial charge in [-0.1, -0.05) is 17.7 Å². The number of nitrogens with zero attached hydrogens (tertiary/aromatic N) is 5. The summed E-state index contributed by atoms with van der Waals surface area (Å²) in [4.78, 5) is 14.8. The standard InChI is InChI=1S/C21H23ClFN7OS/c1-28-19(20(31)29-9-3-2-4-10-29)17(12-24-28)25-21(32)26-18-8-11-30(27-18)13-14-15(22)6-5-7-16(14)23/h5-8,11-12H,2-4,9-10,13H2,1H3,(H2,25,26,27,32). The van der Waals surface area contributed by atoms with E-state index in [0.717, 1.165) is 32.4 Å². The number of nitrogens with one attached hydrogen (secondary N) is 2. The average Bonchev–Trinajstić information content (AvgIpc) is 3.37. The van der Waals surface area contributed by atoms with Gasteiger partial charge in [0.2, 0.25) is 0 Å². The first-order chi connectivity index (χ1) is 15.4. The van der Waals surface area contributed by atoms with Gasteiger partial charge in [0.05, 0.1) is 18.4 Å². The van der Waals surface area contributed by atoms with Crippen LogP contribution in [-0.4, -0.2) is 48.6 Å². The summed E-state index contributed by atoms with van der Waals surface area (Å²) in [5.41, 5.74) is 1.34. The zero-order chi connectivity index (χ0) is 22.7. The molecule has 3 aromatic rings. The van der Waals surface area contributed by atoms with Gasteiger partial charge in [0, 0.05) is 43.0 Å². The number of halogens is 2. The fraction of sp³-hybridized carbons (Fsp3) is 0.333. The zero-order valence-electron chi connectivity index (χ0n) is 17.5. The van der Waals surface area contributed by atoms with E-state index in [9.17, 15) is 9.18 Å². The Kier molecular flexibility index (Phi) is 6.71. The van der Waals surface area contributed by atoms with Crippen molar-refractivity contribution in [1.29, 1.82) is 0 Å². The van der Waals surface area contributed by atoms with Crippen LogP contribution in [0.2, 0.25) is 5.02 Å². The molecule has 1 aliphatic rings. The second-order valence-electron chi connectivity index (χ2n) is 7.56. The van der Waals surface area contributed by atoms with Crippen molar-refractivity contribution < 1.29 is 9.18 Å². The monoisotopic (exact) mass is 475 g/mol. The molecule has 0 saturated carbocycles. The summed E-state index contributed by atoms with van der Waals surface area (Å²) < 4.78 is 17.1. The van der Waals surface area contributed by atoms with E-state index in [0.29, 0.717) is 27.8 Å². The molecule has 2 aromatic heterocycles. The number of carbonyl (C=O) groups is 1. The molecule has 0 bridgehead atoms. The molecule has 0 aliphatic carbocycles. The van der Waals surface area contributed by atoms with E-state index >= 15 is 0 Å². The summed E-state index contributed by atoms with van der Waals surface area (Å²) >= 11 is 11.5. The number of likely N-dealkylation sites (tertiary alicyclic amines) is 1. The third-order valence-corrected chi connectivity index (χ3v) is 5.86. The van der Waals surface area contributed by atoms with E-state index in [1.54, 1.807) is 47.0 Å². The molecular formula is C21H23ClFN7OS. The van der Waals surface area contributed by atoms with E-state index in [1.165, 1.54) is 6.07 Å². The lowest BCUT2D eigenvalue weighted by molar-refractivity contribution is 0.0714. The molecule has 8 nitrogen and oxygen atoms in total. The minimum Gasteiger partial charge on any atom is -0.337 e. The topological polar surface area (TPSA) is 80.0 Å². The lowest BCUT2D eigenvalue weighted by Crippen LogP contribution is -2.37. The quantitative estimate of drug-likeness (QED) is 0.545. The van der Waals surface area contributed by atoms with E-state index in [-0.39, 0.29) is 23.4 Å². The Balaban J connectivity index is 1.41. The Bertz CT molecular complexity index is 1120. The first-order valence-corrected chi connectivity index (χ1v) is 11.1. The maximum Gasteiger partial charge on any atom is 0.274 e. The molecule has 1 fully saturated rings. The number of piperidine rings is 1. The largest absolute Gasteiger partial charge is 0.337 e. The number of benzene rings is 1. The molecular weight excluding hydrogens is 453 g/mol. The van der Waals surface area contributed by atoms with E-state index in [1.807, 2.05) is 4.90 Å². The summed E-state index contributed by atoms with van der Waals surface area (Å²) in [5, 5.41) is 15.2. The second kappa shape index (κ2) is 9.66. The number of amides is 1. The fourth-order valence-electron chi connectivity index (χ4n) is 3.66. The van der Waals surface area contributed by atoms with E-state index in [2.05, 4.69) is 20.8 Å². The Morgan fingerprint density at radius 2 is 2.00 bits per heavy atom.